The van der Waals surface area contributed by atoms with Crippen LogP contribution in [0, 0.1) is 0 Å². The van der Waals surface area contributed by atoms with Crippen LogP contribution < -0.4 is 4.74 Å². The summed E-state index contributed by atoms with van der Waals surface area (Å²) < 4.78 is 28.6. The number of para-hydroxylation sites is 1. The molecule has 0 radical (unpaired) electrons. The second kappa shape index (κ2) is 3.50. The Balaban J connectivity index is 2.30. The first-order chi connectivity index (χ1) is 8.11. The number of aryl methyl sites for hydroxylation is 1. The number of hydrogen-bond donors (Lipinski definition) is 1. The molecule has 2 heterocycles. The van der Waals surface area contributed by atoms with E-state index in [2.05, 4.69) is 4.98 Å². The summed E-state index contributed by atoms with van der Waals surface area (Å²) in [6.07, 6.45) is 0.565. The molecule has 1 aromatic carbocycles. The summed E-state index contributed by atoms with van der Waals surface area (Å²) in [6, 6.07) is 5.70. The highest BCUT2D eigenvalue weighted by Gasteiger charge is 2.25. The third-order valence-corrected chi connectivity index (χ3v) is 4.79. The van der Waals surface area contributed by atoms with Gasteiger partial charge in [-0.2, -0.15) is 0 Å². The highest BCUT2D eigenvalue weighted by molar-refractivity contribution is 7.90. The lowest BCUT2D eigenvalue weighted by atomic mass is 10.1. The van der Waals surface area contributed by atoms with E-state index < -0.39 is 9.84 Å². The van der Waals surface area contributed by atoms with Gasteiger partial charge in [0.15, 0.2) is 9.84 Å². The molecule has 3 rings (SSSR count). The van der Waals surface area contributed by atoms with Crippen molar-refractivity contribution in [2.75, 3.05) is 12.9 Å². The van der Waals surface area contributed by atoms with Crippen LogP contribution in [0.5, 0.6) is 5.75 Å². The molecule has 1 aliphatic rings. The minimum absolute atomic E-state index is 0.134. The molecule has 17 heavy (non-hydrogen) atoms. The van der Waals surface area contributed by atoms with Crippen molar-refractivity contribution in [3.05, 3.63) is 29.5 Å². The van der Waals surface area contributed by atoms with E-state index in [-0.39, 0.29) is 11.5 Å². The van der Waals surface area contributed by atoms with Gasteiger partial charge in [0.25, 0.3) is 0 Å². The van der Waals surface area contributed by atoms with E-state index in [0.29, 0.717) is 6.42 Å². The van der Waals surface area contributed by atoms with Crippen LogP contribution in [0.3, 0.4) is 0 Å². The van der Waals surface area contributed by atoms with E-state index in [4.69, 9.17) is 4.74 Å². The molecule has 1 N–H and O–H groups in total. The number of fused-ring (bicyclic) bond motifs is 3. The molecular formula is C12H13NO3S. The molecule has 5 heteroatoms. The molecule has 0 saturated heterocycles. The fraction of sp³-hybridized carbons (Fsp3) is 0.333. The highest BCUT2D eigenvalue weighted by atomic mass is 32.2. The van der Waals surface area contributed by atoms with Gasteiger partial charge in [-0.3, -0.25) is 0 Å². The largest absolute Gasteiger partial charge is 0.495 e. The van der Waals surface area contributed by atoms with E-state index in [0.717, 1.165) is 27.9 Å². The van der Waals surface area contributed by atoms with Gasteiger partial charge >= 0.3 is 0 Å². The maximum absolute atomic E-state index is 11.7. The highest BCUT2D eigenvalue weighted by Crippen LogP contribution is 2.33. The molecule has 0 amide bonds. The maximum Gasteiger partial charge on any atom is 0.154 e. The molecule has 0 unspecified atom stereocenters. The summed E-state index contributed by atoms with van der Waals surface area (Å²) in [5, 5.41) is 0.961. The molecule has 0 fully saturated rings. The smallest absolute Gasteiger partial charge is 0.154 e. The zero-order valence-corrected chi connectivity index (χ0v) is 10.3. The minimum Gasteiger partial charge on any atom is -0.495 e. The number of rotatable bonds is 1. The molecule has 1 aliphatic heterocycles. The van der Waals surface area contributed by atoms with Crippen LogP contribution in [-0.4, -0.2) is 26.3 Å². The van der Waals surface area contributed by atoms with Crippen molar-refractivity contribution < 1.29 is 13.2 Å². The number of nitrogens with one attached hydrogen (secondary N) is 1. The predicted octanol–water partition coefficient (Wildman–Crippen LogP) is 1.65. The number of ether oxygens (including phenoxy) is 1. The molecule has 0 atom stereocenters. The average Bonchev–Trinajstić information content (AvgIpc) is 2.65. The Bertz CT molecular complexity index is 685. The Morgan fingerprint density at radius 2 is 2.18 bits per heavy atom. The molecule has 4 nitrogen and oxygen atoms in total. The van der Waals surface area contributed by atoms with Crippen molar-refractivity contribution in [3.63, 3.8) is 0 Å². The zero-order chi connectivity index (χ0) is 12.0. The second-order valence-electron chi connectivity index (χ2n) is 4.31. The van der Waals surface area contributed by atoms with Gasteiger partial charge in [0.2, 0.25) is 0 Å². The van der Waals surface area contributed by atoms with Crippen LogP contribution in [0.1, 0.15) is 11.3 Å². The van der Waals surface area contributed by atoms with Gasteiger partial charge in [0.05, 0.1) is 24.1 Å². The molecule has 0 spiro atoms. The number of hydrogen-bond acceptors (Lipinski definition) is 3. The number of sulfone groups is 1. The standard InChI is InChI=1S/C12H13NO3S/c1-16-11-4-2-3-8-9-7-17(14,15)6-5-10(9)13-12(8)11/h2-4,13H,5-7H2,1H3. The number of methoxy groups -OCH3 is 1. The van der Waals surface area contributed by atoms with Crippen LogP contribution in [-0.2, 0) is 22.0 Å². The third kappa shape index (κ3) is 1.61. The summed E-state index contributed by atoms with van der Waals surface area (Å²) in [4.78, 5) is 3.28. The van der Waals surface area contributed by atoms with Crippen LogP contribution in [0.25, 0.3) is 10.9 Å². The van der Waals surface area contributed by atoms with Crippen LogP contribution in [0.2, 0.25) is 0 Å². The van der Waals surface area contributed by atoms with E-state index in [1.807, 2.05) is 18.2 Å². The Labute approximate surface area is 99.5 Å². The maximum atomic E-state index is 11.7. The van der Waals surface area contributed by atoms with Gasteiger partial charge in [0, 0.05) is 17.5 Å². The zero-order valence-electron chi connectivity index (χ0n) is 9.49. The Morgan fingerprint density at radius 3 is 2.94 bits per heavy atom. The fourth-order valence-electron chi connectivity index (χ4n) is 2.40. The number of H-pyrrole nitrogens is 1. The molecule has 0 aliphatic carbocycles. The quantitative estimate of drug-likeness (QED) is 0.838. The predicted molar refractivity (Wildman–Crippen MR) is 66.0 cm³/mol. The van der Waals surface area contributed by atoms with Crippen LogP contribution >= 0.6 is 0 Å². The number of aromatic amines is 1. The van der Waals surface area contributed by atoms with Crippen LogP contribution in [0.4, 0.5) is 0 Å². The molecule has 0 saturated carbocycles. The average molecular weight is 251 g/mol. The normalized spacial score (nSPS) is 17.9. The van der Waals surface area contributed by atoms with Crippen molar-refractivity contribution in [3.8, 4) is 5.75 Å². The summed E-state index contributed by atoms with van der Waals surface area (Å²) >= 11 is 0. The summed E-state index contributed by atoms with van der Waals surface area (Å²) in [6.45, 7) is 0. The first kappa shape index (κ1) is 10.7. The number of aromatic nitrogens is 1. The fourth-order valence-corrected chi connectivity index (χ4v) is 3.83. The van der Waals surface area contributed by atoms with Gasteiger partial charge in [0.1, 0.15) is 5.75 Å². The molecule has 1 aromatic heterocycles. The van der Waals surface area contributed by atoms with Gasteiger partial charge in [-0.15, -0.1) is 0 Å². The second-order valence-corrected chi connectivity index (χ2v) is 6.49. The lowest BCUT2D eigenvalue weighted by Gasteiger charge is -2.11. The first-order valence-electron chi connectivity index (χ1n) is 5.47. The summed E-state index contributed by atoms with van der Waals surface area (Å²) in [5.41, 5.74) is 2.83. The van der Waals surface area contributed by atoms with Gasteiger partial charge in [-0.25, -0.2) is 8.42 Å². The SMILES string of the molecule is COc1cccc2c3c([nH]c12)CCS(=O)(=O)C3. The van der Waals surface area contributed by atoms with Gasteiger partial charge < -0.3 is 9.72 Å². The van der Waals surface area contributed by atoms with E-state index in [9.17, 15) is 8.42 Å². The Kier molecular flexibility index (Phi) is 2.19. The van der Waals surface area contributed by atoms with E-state index >= 15 is 0 Å². The Hall–Kier alpha value is -1.49. The van der Waals surface area contributed by atoms with E-state index in [1.165, 1.54) is 0 Å². The van der Waals surface area contributed by atoms with Gasteiger partial charge in [-0.1, -0.05) is 12.1 Å². The first-order valence-corrected chi connectivity index (χ1v) is 7.30. The van der Waals surface area contributed by atoms with Crippen molar-refractivity contribution in [2.24, 2.45) is 0 Å². The monoisotopic (exact) mass is 251 g/mol. The van der Waals surface area contributed by atoms with E-state index in [1.54, 1.807) is 7.11 Å². The van der Waals surface area contributed by atoms with Crippen molar-refractivity contribution in [2.45, 2.75) is 12.2 Å². The number of benzene rings is 1. The molecular weight excluding hydrogens is 238 g/mol. The Morgan fingerprint density at radius 1 is 1.35 bits per heavy atom. The summed E-state index contributed by atoms with van der Waals surface area (Å²) in [5.74, 6) is 1.12. The molecule has 90 valence electrons. The van der Waals surface area contributed by atoms with Crippen molar-refractivity contribution in [1.29, 1.82) is 0 Å². The van der Waals surface area contributed by atoms with Crippen molar-refractivity contribution in [1.82, 2.24) is 4.98 Å². The molecule has 0 bridgehead atoms. The van der Waals surface area contributed by atoms with Crippen LogP contribution in [0.15, 0.2) is 18.2 Å². The molecule has 2 aromatic rings. The lowest BCUT2D eigenvalue weighted by molar-refractivity contribution is 0.419. The topological polar surface area (TPSA) is 59.2 Å². The summed E-state index contributed by atoms with van der Waals surface area (Å²) in [7, 11) is -1.32. The third-order valence-electron chi connectivity index (χ3n) is 3.24. The van der Waals surface area contributed by atoms with Crippen molar-refractivity contribution >= 4 is 20.7 Å². The van der Waals surface area contributed by atoms with Gasteiger partial charge in [-0.05, 0) is 11.6 Å². The lowest BCUT2D eigenvalue weighted by Crippen LogP contribution is -2.18. The minimum atomic E-state index is -2.94.